The number of hydrogen-bond donors (Lipinski definition) is 1. The minimum atomic E-state index is -0.850. The molecule has 3 aromatic rings. The first-order valence-corrected chi connectivity index (χ1v) is 11.6. The Kier molecular flexibility index (Phi) is 7.51. The third kappa shape index (κ3) is 5.31. The summed E-state index contributed by atoms with van der Waals surface area (Å²) in [6, 6.07) is 6.68. The third-order valence-corrected chi connectivity index (χ3v) is 5.92. The number of nitrogens with zero attached hydrogens (tertiary/aromatic N) is 4. The molecule has 11 heteroatoms. The van der Waals surface area contributed by atoms with Crippen LogP contribution >= 0.6 is 0 Å². The number of rotatable bonds is 8. The van der Waals surface area contributed by atoms with Gasteiger partial charge in [-0.25, -0.2) is 13.6 Å². The van der Waals surface area contributed by atoms with E-state index in [2.05, 4.69) is 10.4 Å². The number of carbonyl (C=O) groups excluding carboxylic acids is 1. The molecule has 2 aromatic carbocycles. The van der Waals surface area contributed by atoms with Crippen molar-refractivity contribution in [2.24, 2.45) is 0 Å². The van der Waals surface area contributed by atoms with E-state index >= 15 is 4.39 Å². The highest BCUT2D eigenvalue weighted by molar-refractivity contribution is 6.06. The summed E-state index contributed by atoms with van der Waals surface area (Å²) in [7, 11) is 3.85. The summed E-state index contributed by atoms with van der Waals surface area (Å²) in [4.78, 5) is 28.0. The molecule has 1 aromatic heterocycles. The molecule has 0 bridgehead atoms. The van der Waals surface area contributed by atoms with Gasteiger partial charge in [0.05, 0.1) is 30.5 Å². The predicted octanol–water partition coefficient (Wildman–Crippen LogP) is 3.12. The molecule has 9 nitrogen and oxygen atoms in total. The van der Waals surface area contributed by atoms with Gasteiger partial charge in [0.2, 0.25) is 0 Å². The summed E-state index contributed by atoms with van der Waals surface area (Å²) in [5.74, 6) is -1.77. The molecule has 1 amide bonds. The zero-order valence-corrected chi connectivity index (χ0v) is 20.7. The van der Waals surface area contributed by atoms with E-state index < -0.39 is 23.2 Å². The van der Waals surface area contributed by atoms with Gasteiger partial charge in [0, 0.05) is 12.6 Å². The van der Waals surface area contributed by atoms with Crippen LogP contribution in [0, 0.1) is 18.6 Å². The van der Waals surface area contributed by atoms with E-state index in [-0.39, 0.29) is 35.4 Å². The van der Waals surface area contributed by atoms with Gasteiger partial charge in [-0.05, 0) is 52.1 Å². The molecule has 0 aliphatic carbocycles. The Labute approximate surface area is 207 Å². The Morgan fingerprint density at radius 1 is 1.28 bits per heavy atom. The largest absolute Gasteiger partial charge is 0.490 e. The van der Waals surface area contributed by atoms with Crippen molar-refractivity contribution >= 4 is 11.6 Å². The first-order valence-electron chi connectivity index (χ1n) is 11.6. The summed E-state index contributed by atoms with van der Waals surface area (Å²) in [6.07, 6.45) is 0.288. The quantitative estimate of drug-likeness (QED) is 0.510. The van der Waals surface area contributed by atoms with Crippen LogP contribution in [-0.2, 0) is 17.9 Å². The monoisotopic (exact) mass is 501 g/mol. The predicted molar refractivity (Wildman–Crippen MR) is 130 cm³/mol. The first kappa shape index (κ1) is 25.5. The average molecular weight is 502 g/mol. The van der Waals surface area contributed by atoms with Crippen molar-refractivity contribution in [3.05, 3.63) is 69.4 Å². The summed E-state index contributed by atoms with van der Waals surface area (Å²) >= 11 is 0. The molecule has 192 valence electrons. The zero-order valence-electron chi connectivity index (χ0n) is 20.7. The second-order valence-corrected chi connectivity index (χ2v) is 9.02. The molecule has 1 aliphatic heterocycles. The maximum absolute atomic E-state index is 15.4. The van der Waals surface area contributed by atoms with Gasteiger partial charge in [-0.3, -0.25) is 9.36 Å². The smallest absolute Gasteiger partial charge is 0.350 e. The normalized spacial score (nSPS) is 14.0. The highest BCUT2D eigenvalue weighted by atomic mass is 19.1. The number of carbonyl (C=O) groups is 1. The molecule has 0 radical (unpaired) electrons. The lowest BCUT2D eigenvalue weighted by atomic mass is 10.1. The Bertz CT molecular complexity index is 1310. The molecule has 0 fully saturated rings. The van der Waals surface area contributed by atoms with Crippen LogP contribution in [0.3, 0.4) is 0 Å². The van der Waals surface area contributed by atoms with Gasteiger partial charge >= 0.3 is 5.69 Å². The molecular weight excluding hydrogens is 472 g/mol. The van der Waals surface area contributed by atoms with E-state index in [0.717, 1.165) is 17.3 Å². The van der Waals surface area contributed by atoms with E-state index in [0.29, 0.717) is 31.0 Å². The number of benzene rings is 2. The van der Waals surface area contributed by atoms with Gasteiger partial charge in [-0.2, -0.15) is 4.68 Å². The van der Waals surface area contributed by atoms with Crippen molar-refractivity contribution < 1.29 is 23.0 Å². The van der Waals surface area contributed by atoms with Crippen molar-refractivity contribution in [3.63, 3.8) is 0 Å². The number of ether oxygens (including phenoxy) is 2. The molecule has 1 N–H and O–H groups in total. The molecule has 2 heterocycles. The van der Waals surface area contributed by atoms with E-state index in [1.807, 2.05) is 25.9 Å². The van der Waals surface area contributed by atoms with E-state index in [1.54, 1.807) is 13.0 Å². The van der Waals surface area contributed by atoms with Gasteiger partial charge in [0.1, 0.15) is 29.7 Å². The first-order chi connectivity index (χ1) is 17.2. The molecule has 0 saturated heterocycles. The van der Waals surface area contributed by atoms with Crippen LogP contribution < -0.4 is 15.7 Å². The molecule has 0 unspecified atom stereocenters. The number of para-hydroxylation sites is 1. The van der Waals surface area contributed by atoms with Crippen molar-refractivity contribution in [1.29, 1.82) is 0 Å². The molecule has 36 heavy (non-hydrogen) atoms. The highest BCUT2D eigenvalue weighted by Gasteiger charge is 2.25. The fraction of sp³-hybridized carbons (Fsp3) is 0.400. The van der Waals surface area contributed by atoms with Crippen LogP contribution in [0.5, 0.6) is 5.75 Å². The van der Waals surface area contributed by atoms with Crippen LogP contribution in [0.1, 0.15) is 35.1 Å². The second-order valence-electron chi connectivity index (χ2n) is 9.02. The van der Waals surface area contributed by atoms with Crippen LogP contribution in [0.4, 0.5) is 14.5 Å². The van der Waals surface area contributed by atoms with E-state index in [9.17, 15) is 14.0 Å². The van der Waals surface area contributed by atoms with Crippen LogP contribution in [0.15, 0.2) is 35.1 Å². The zero-order chi connectivity index (χ0) is 26.0. The molecule has 0 spiro atoms. The topological polar surface area (TPSA) is 90.6 Å². The summed E-state index contributed by atoms with van der Waals surface area (Å²) < 4.78 is 43.5. The second kappa shape index (κ2) is 10.6. The summed E-state index contributed by atoms with van der Waals surface area (Å²) in [6.45, 7) is 5.00. The summed E-state index contributed by atoms with van der Waals surface area (Å²) in [5.41, 5.74) is -0.291. The molecule has 1 aliphatic rings. The van der Waals surface area contributed by atoms with Crippen molar-refractivity contribution in [3.8, 4) is 11.4 Å². The third-order valence-electron chi connectivity index (χ3n) is 5.92. The van der Waals surface area contributed by atoms with Gasteiger partial charge in [-0.15, -0.1) is 5.10 Å². The fourth-order valence-corrected chi connectivity index (χ4v) is 3.91. The summed E-state index contributed by atoms with van der Waals surface area (Å²) in [5, 5.41) is 6.74. The van der Waals surface area contributed by atoms with Crippen LogP contribution in [0.2, 0.25) is 0 Å². The Balaban J connectivity index is 1.75. The lowest BCUT2D eigenvalue weighted by molar-refractivity contribution is 0.0805. The molecule has 1 atom stereocenters. The number of aryl methyl sites for hydroxylation is 1. The maximum Gasteiger partial charge on any atom is 0.350 e. The van der Waals surface area contributed by atoms with Crippen molar-refractivity contribution in [2.45, 2.75) is 39.5 Å². The number of halogens is 2. The lowest BCUT2D eigenvalue weighted by Gasteiger charge is -2.20. The minimum Gasteiger partial charge on any atom is -0.490 e. The fourth-order valence-electron chi connectivity index (χ4n) is 3.91. The Hall–Kier alpha value is -3.57. The van der Waals surface area contributed by atoms with Crippen molar-refractivity contribution in [2.75, 3.05) is 32.6 Å². The minimum absolute atomic E-state index is 0.00316. The van der Waals surface area contributed by atoms with E-state index in [1.165, 1.54) is 22.8 Å². The maximum atomic E-state index is 15.4. The number of hydrogen-bond acceptors (Lipinski definition) is 6. The van der Waals surface area contributed by atoms with Crippen LogP contribution in [0.25, 0.3) is 5.69 Å². The van der Waals surface area contributed by atoms with Crippen molar-refractivity contribution in [1.82, 2.24) is 19.2 Å². The standard InChI is InChI=1S/C25H29F2N5O4/c1-15-6-5-7-18(26)23(15)28-24(33)17-12-19(27)20(13-21(17)36-16(2)8-9-30(3)4)32-25(34)31-10-11-35-14-22(31)29-32/h5-7,12-13,16H,8-11,14H2,1-4H3,(H,28,33)/t16-/m1/s1. The Morgan fingerprint density at radius 3 is 2.75 bits per heavy atom. The van der Waals surface area contributed by atoms with Crippen LogP contribution in [-0.4, -0.2) is 58.5 Å². The number of aromatic nitrogens is 3. The van der Waals surface area contributed by atoms with Gasteiger partial charge < -0.3 is 19.7 Å². The SMILES string of the molecule is Cc1cccc(F)c1NC(=O)c1cc(F)c(-n2nc3n(c2=O)CCOC3)cc1O[C@H](C)CCN(C)C. The number of nitrogens with one attached hydrogen (secondary N) is 1. The van der Waals surface area contributed by atoms with Gasteiger partial charge in [-0.1, -0.05) is 12.1 Å². The average Bonchev–Trinajstić information content (AvgIpc) is 3.17. The van der Waals surface area contributed by atoms with E-state index in [4.69, 9.17) is 9.47 Å². The molecule has 4 rings (SSSR count). The number of anilines is 1. The molecule has 0 saturated carbocycles. The number of fused-ring (bicyclic) bond motifs is 1. The number of amides is 1. The highest BCUT2D eigenvalue weighted by Crippen LogP contribution is 2.29. The van der Waals surface area contributed by atoms with Gasteiger partial charge in [0.15, 0.2) is 5.82 Å². The van der Waals surface area contributed by atoms with Gasteiger partial charge in [0.25, 0.3) is 5.91 Å². The Morgan fingerprint density at radius 2 is 2.06 bits per heavy atom. The lowest BCUT2D eigenvalue weighted by Crippen LogP contribution is -2.29. The molecular formula is C25H29F2N5O4.